The van der Waals surface area contributed by atoms with Crippen LogP contribution in [0.25, 0.3) is 0 Å². The van der Waals surface area contributed by atoms with E-state index in [9.17, 15) is 9.59 Å². The quantitative estimate of drug-likeness (QED) is 0.670. The first-order valence-electron chi connectivity index (χ1n) is 9.29. The summed E-state index contributed by atoms with van der Waals surface area (Å²) in [6.07, 6.45) is 0.724. The maximum absolute atomic E-state index is 12.9. The average Bonchev–Trinajstić information content (AvgIpc) is 2.67. The molecule has 0 heterocycles. The second-order valence-corrected chi connectivity index (χ2v) is 7.81. The highest BCUT2D eigenvalue weighted by Gasteiger charge is 2.26. The van der Waals surface area contributed by atoms with Crippen LogP contribution in [0.2, 0.25) is 0 Å². The molecule has 0 spiro atoms. The van der Waals surface area contributed by atoms with Crippen LogP contribution >= 0.6 is 11.8 Å². The predicted octanol–water partition coefficient (Wildman–Crippen LogP) is 3.76. The maximum Gasteiger partial charge on any atom is 0.242 e. The first kappa shape index (κ1) is 21.0. The van der Waals surface area contributed by atoms with Crippen LogP contribution in [0.4, 0.5) is 0 Å². The van der Waals surface area contributed by atoms with Gasteiger partial charge in [0.1, 0.15) is 6.04 Å². The molecule has 0 aromatic heterocycles. The molecular weight excluding hydrogens is 356 g/mol. The normalized spacial score (nSPS) is 11.9. The number of rotatable bonds is 9. The molecule has 2 aromatic carbocycles. The first-order chi connectivity index (χ1) is 13.0. The van der Waals surface area contributed by atoms with E-state index >= 15 is 0 Å². The molecule has 4 nitrogen and oxygen atoms in total. The maximum atomic E-state index is 12.9. The van der Waals surface area contributed by atoms with Crippen LogP contribution in [0.3, 0.4) is 0 Å². The number of hydrogen-bond acceptors (Lipinski definition) is 3. The van der Waals surface area contributed by atoms with Crippen LogP contribution in [0.15, 0.2) is 65.6 Å². The number of carbonyl (C=O) groups excluding carboxylic acids is 2. The highest BCUT2D eigenvalue weighted by molar-refractivity contribution is 8.00. The number of hydrogen-bond donors (Lipinski definition) is 1. The van der Waals surface area contributed by atoms with E-state index in [2.05, 4.69) is 5.32 Å². The van der Waals surface area contributed by atoms with E-state index in [1.807, 2.05) is 74.5 Å². The van der Waals surface area contributed by atoms with Crippen molar-refractivity contribution >= 4 is 23.6 Å². The second-order valence-electron chi connectivity index (χ2n) is 6.76. The molecule has 5 heteroatoms. The summed E-state index contributed by atoms with van der Waals surface area (Å²) in [5, 5.41) is 2.91. The minimum absolute atomic E-state index is 0.0220. The largest absolute Gasteiger partial charge is 0.352 e. The molecule has 0 saturated heterocycles. The Morgan fingerprint density at radius 2 is 1.56 bits per heavy atom. The Morgan fingerprint density at radius 1 is 0.963 bits per heavy atom. The van der Waals surface area contributed by atoms with Crippen molar-refractivity contribution in [1.82, 2.24) is 10.2 Å². The van der Waals surface area contributed by atoms with E-state index in [0.717, 1.165) is 16.9 Å². The van der Waals surface area contributed by atoms with Crippen LogP contribution in [-0.4, -0.2) is 41.1 Å². The van der Waals surface area contributed by atoms with Crippen LogP contribution in [0.1, 0.15) is 26.3 Å². The average molecular weight is 385 g/mol. The number of benzene rings is 2. The Hall–Kier alpha value is -2.27. The van der Waals surface area contributed by atoms with Crippen molar-refractivity contribution < 1.29 is 9.59 Å². The van der Waals surface area contributed by atoms with Gasteiger partial charge < -0.3 is 10.2 Å². The van der Waals surface area contributed by atoms with E-state index in [4.69, 9.17) is 0 Å². The molecule has 144 valence electrons. The van der Waals surface area contributed by atoms with Gasteiger partial charge in [0, 0.05) is 17.5 Å². The summed E-state index contributed by atoms with van der Waals surface area (Å²) in [7, 11) is 0. The lowest BCUT2D eigenvalue weighted by Gasteiger charge is -2.29. The Kier molecular flexibility index (Phi) is 8.40. The Balaban J connectivity index is 2.04. The van der Waals surface area contributed by atoms with E-state index in [-0.39, 0.29) is 17.9 Å². The fraction of sp³-hybridized carbons (Fsp3) is 0.364. The van der Waals surface area contributed by atoms with Crippen molar-refractivity contribution in [1.29, 1.82) is 0 Å². The number of thioether (sulfide) groups is 1. The third-order valence-electron chi connectivity index (χ3n) is 4.19. The lowest BCUT2D eigenvalue weighted by Crippen LogP contribution is -2.50. The molecule has 0 aliphatic heterocycles. The van der Waals surface area contributed by atoms with Gasteiger partial charge in [-0.3, -0.25) is 9.59 Å². The summed E-state index contributed by atoms with van der Waals surface area (Å²) in [6.45, 7) is 6.16. The summed E-state index contributed by atoms with van der Waals surface area (Å²) in [4.78, 5) is 28.1. The number of nitrogens with one attached hydrogen (secondary N) is 1. The standard InChI is InChI=1S/C22H28N2O2S/c1-17(2)23-22(26)18(3)24(15-14-19-10-6-4-7-11-19)21(25)16-27-20-12-8-5-9-13-20/h4-13,17-18H,14-16H2,1-3H3,(H,23,26). The van der Waals surface area contributed by atoms with Crippen LogP contribution < -0.4 is 5.32 Å². The van der Waals surface area contributed by atoms with Gasteiger partial charge in [-0.15, -0.1) is 11.8 Å². The van der Waals surface area contributed by atoms with Gasteiger partial charge in [-0.1, -0.05) is 48.5 Å². The van der Waals surface area contributed by atoms with Gasteiger partial charge >= 0.3 is 0 Å². The highest BCUT2D eigenvalue weighted by atomic mass is 32.2. The Labute approximate surface area is 166 Å². The highest BCUT2D eigenvalue weighted by Crippen LogP contribution is 2.18. The zero-order valence-electron chi connectivity index (χ0n) is 16.2. The smallest absolute Gasteiger partial charge is 0.242 e. The van der Waals surface area contributed by atoms with Crippen LogP contribution in [0, 0.1) is 0 Å². The first-order valence-corrected chi connectivity index (χ1v) is 10.3. The van der Waals surface area contributed by atoms with Gasteiger partial charge in [0.15, 0.2) is 0 Å². The molecule has 1 unspecified atom stereocenters. The van der Waals surface area contributed by atoms with Crippen molar-refractivity contribution in [3.63, 3.8) is 0 Å². The van der Waals surface area contributed by atoms with Gasteiger partial charge in [0.25, 0.3) is 0 Å². The zero-order valence-corrected chi connectivity index (χ0v) is 17.0. The van der Waals surface area contributed by atoms with E-state index in [1.54, 1.807) is 11.8 Å². The molecule has 1 atom stereocenters. The molecular formula is C22H28N2O2S. The molecule has 2 rings (SSSR count). The van der Waals surface area contributed by atoms with Gasteiger partial charge in [-0.25, -0.2) is 0 Å². The third-order valence-corrected chi connectivity index (χ3v) is 5.18. The molecule has 1 N–H and O–H groups in total. The van der Waals surface area contributed by atoms with Crippen molar-refractivity contribution in [2.75, 3.05) is 12.3 Å². The second kappa shape index (κ2) is 10.8. The fourth-order valence-electron chi connectivity index (χ4n) is 2.72. The van der Waals surface area contributed by atoms with Gasteiger partial charge in [0.05, 0.1) is 5.75 Å². The molecule has 0 bridgehead atoms. The van der Waals surface area contributed by atoms with Crippen molar-refractivity contribution in [2.45, 2.75) is 44.2 Å². The molecule has 0 fully saturated rings. The topological polar surface area (TPSA) is 49.4 Å². The lowest BCUT2D eigenvalue weighted by molar-refractivity contribution is -0.138. The zero-order chi connectivity index (χ0) is 19.6. The van der Waals surface area contributed by atoms with Crippen molar-refractivity contribution in [3.8, 4) is 0 Å². The Morgan fingerprint density at radius 3 is 2.15 bits per heavy atom. The fourth-order valence-corrected chi connectivity index (χ4v) is 3.53. The Bertz CT molecular complexity index is 720. The van der Waals surface area contributed by atoms with Crippen molar-refractivity contribution in [2.24, 2.45) is 0 Å². The predicted molar refractivity (Wildman–Crippen MR) is 112 cm³/mol. The molecule has 2 aromatic rings. The molecule has 0 radical (unpaired) electrons. The molecule has 0 aliphatic carbocycles. The summed E-state index contributed by atoms with van der Waals surface area (Å²) in [5.74, 6) is 0.181. The van der Waals surface area contributed by atoms with Crippen molar-refractivity contribution in [3.05, 3.63) is 66.2 Å². The van der Waals surface area contributed by atoms with E-state index in [1.165, 1.54) is 11.8 Å². The monoisotopic (exact) mass is 384 g/mol. The summed E-state index contributed by atoms with van der Waals surface area (Å²) >= 11 is 1.50. The lowest BCUT2D eigenvalue weighted by atomic mass is 10.1. The molecule has 0 aliphatic rings. The third kappa shape index (κ3) is 7.10. The van der Waals surface area contributed by atoms with E-state index in [0.29, 0.717) is 12.3 Å². The number of nitrogens with zero attached hydrogens (tertiary/aromatic N) is 1. The minimum atomic E-state index is -0.500. The van der Waals surface area contributed by atoms with Gasteiger partial charge in [-0.05, 0) is 44.9 Å². The van der Waals surface area contributed by atoms with Crippen LogP contribution in [0.5, 0.6) is 0 Å². The minimum Gasteiger partial charge on any atom is -0.352 e. The molecule has 0 saturated carbocycles. The summed E-state index contributed by atoms with van der Waals surface area (Å²) < 4.78 is 0. The van der Waals surface area contributed by atoms with E-state index < -0.39 is 6.04 Å². The summed E-state index contributed by atoms with van der Waals surface area (Å²) in [5.41, 5.74) is 1.16. The SMILES string of the molecule is CC(C)NC(=O)C(C)N(CCc1ccccc1)C(=O)CSc1ccccc1. The summed E-state index contributed by atoms with van der Waals surface area (Å²) in [6, 6.07) is 19.4. The van der Waals surface area contributed by atoms with Gasteiger partial charge in [-0.2, -0.15) is 0 Å². The van der Waals surface area contributed by atoms with Gasteiger partial charge in [0.2, 0.25) is 11.8 Å². The number of amides is 2. The molecule has 2 amide bonds. The number of carbonyl (C=O) groups is 2. The molecule has 27 heavy (non-hydrogen) atoms. The van der Waals surface area contributed by atoms with Crippen LogP contribution in [-0.2, 0) is 16.0 Å².